The molecule has 1 aromatic carbocycles. The smallest absolute Gasteiger partial charge is 0.0279 e. The molecule has 0 nitrogen and oxygen atoms in total. The van der Waals surface area contributed by atoms with Crippen molar-refractivity contribution in [3.8, 4) is 0 Å². The second kappa shape index (κ2) is 10.5. The van der Waals surface area contributed by atoms with Gasteiger partial charge >= 0.3 is 0 Å². The molecule has 102 valence electrons. The first-order valence-corrected chi connectivity index (χ1v) is 7.70. The molecule has 1 aromatic rings. The van der Waals surface area contributed by atoms with E-state index in [4.69, 9.17) is 0 Å². The molecule has 0 aromatic heterocycles. The van der Waals surface area contributed by atoms with Crippen LogP contribution in [0.25, 0.3) is 11.6 Å². The van der Waals surface area contributed by atoms with Crippen LogP contribution in [-0.2, 0) is 0 Å². The van der Waals surface area contributed by atoms with E-state index in [2.05, 4.69) is 48.9 Å². The zero-order valence-corrected chi connectivity index (χ0v) is 13.5. The predicted molar refractivity (Wildman–Crippen MR) is 92.1 cm³/mol. The molecule has 1 aliphatic rings. The summed E-state index contributed by atoms with van der Waals surface area (Å²) in [6.45, 7) is 13.8. The predicted octanol–water partition coefficient (Wildman–Crippen LogP) is 6.53. The van der Waals surface area contributed by atoms with Gasteiger partial charge in [0.2, 0.25) is 0 Å². The van der Waals surface area contributed by atoms with E-state index >= 15 is 0 Å². The van der Waals surface area contributed by atoms with Crippen LogP contribution in [0.3, 0.4) is 0 Å². The fraction of sp³-hybridized carbons (Fsp3) is 0.278. The summed E-state index contributed by atoms with van der Waals surface area (Å²) in [5.41, 5.74) is 6.83. The fourth-order valence-electron chi connectivity index (χ4n) is 1.36. The second-order valence-corrected chi connectivity index (χ2v) is 4.45. The van der Waals surface area contributed by atoms with Crippen LogP contribution in [0.2, 0.25) is 0 Å². The van der Waals surface area contributed by atoms with Gasteiger partial charge in [-0.2, -0.15) is 0 Å². The second-order valence-electron chi connectivity index (χ2n) is 3.36. The van der Waals surface area contributed by atoms with Gasteiger partial charge < -0.3 is 0 Å². The van der Waals surface area contributed by atoms with Crippen molar-refractivity contribution in [3.05, 3.63) is 64.1 Å². The molecule has 0 atom stereocenters. The van der Waals surface area contributed by atoms with E-state index in [1.807, 2.05) is 39.8 Å². The monoisotopic (exact) mass is 272 g/mol. The SMILES string of the molecule is C=Cc1ccc(C2=CSC(C)=C=C2)cc1.CC.CC. The lowest BCUT2D eigenvalue weighted by Gasteiger charge is -2.05. The van der Waals surface area contributed by atoms with E-state index in [0.29, 0.717) is 0 Å². The van der Waals surface area contributed by atoms with Crippen molar-refractivity contribution < 1.29 is 0 Å². The molecule has 0 radical (unpaired) electrons. The molecule has 0 N–H and O–H groups in total. The Balaban J connectivity index is 0.000000741. The van der Waals surface area contributed by atoms with Gasteiger partial charge in [0, 0.05) is 4.91 Å². The lowest BCUT2D eigenvalue weighted by atomic mass is 10.1. The lowest BCUT2D eigenvalue weighted by Crippen LogP contribution is -1.82. The number of rotatable bonds is 2. The number of benzene rings is 1. The normalized spacial score (nSPS) is 12.1. The van der Waals surface area contributed by atoms with Gasteiger partial charge in [-0.25, -0.2) is 0 Å². The average molecular weight is 272 g/mol. The third kappa shape index (κ3) is 5.83. The maximum absolute atomic E-state index is 3.74. The van der Waals surface area contributed by atoms with Crippen molar-refractivity contribution in [2.75, 3.05) is 0 Å². The highest BCUT2D eigenvalue weighted by Crippen LogP contribution is 2.27. The van der Waals surface area contributed by atoms with Gasteiger partial charge in [0.15, 0.2) is 0 Å². The van der Waals surface area contributed by atoms with Crippen LogP contribution in [0.15, 0.2) is 53.0 Å². The van der Waals surface area contributed by atoms with Crippen LogP contribution < -0.4 is 0 Å². The Kier molecular flexibility index (Phi) is 9.70. The minimum Gasteiger partial charge on any atom is -0.110 e. The summed E-state index contributed by atoms with van der Waals surface area (Å²) in [4.78, 5) is 1.21. The molecular weight excluding hydrogens is 248 g/mol. The quantitative estimate of drug-likeness (QED) is 0.552. The van der Waals surface area contributed by atoms with Crippen molar-refractivity contribution >= 4 is 23.4 Å². The van der Waals surface area contributed by atoms with E-state index < -0.39 is 0 Å². The fourth-order valence-corrected chi connectivity index (χ4v) is 2.00. The molecule has 0 fully saturated rings. The Morgan fingerprint density at radius 2 is 1.63 bits per heavy atom. The Labute approximate surface area is 122 Å². The average Bonchev–Trinajstić information content (AvgIpc) is 2.52. The molecular formula is C18H24S. The summed E-state index contributed by atoms with van der Waals surface area (Å²) in [6.07, 6.45) is 3.89. The van der Waals surface area contributed by atoms with E-state index in [1.165, 1.54) is 16.0 Å². The van der Waals surface area contributed by atoms with E-state index in [9.17, 15) is 0 Å². The molecule has 1 aliphatic heterocycles. The van der Waals surface area contributed by atoms with E-state index in [1.54, 1.807) is 11.8 Å². The molecule has 1 heterocycles. The van der Waals surface area contributed by atoms with Crippen LogP contribution in [-0.4, -0.2) is 0 Å². The number of hydrogen-bond donors (Lipinski definition) is 0. The van der Waals surface area contributed by atoms with Gasteiger partial charge in [0.25, 0.3) is 0 Å². The van der Waals surface area contributed by atoms with Gasteiger partial charge in [-0.05, 0) is 35.1 Å². The summed E-state index contributed by atoms with van der Waals surface area (Å²) in [5, 5.41) is 2.16. The third-order valence-corrected chi connectivity index (χ3v) is 3.12. The maximum atomic E-state index is 3.74. The van der Waals surface area contributed by atoms with Crippen LogP contribution in [0, 0.1) is 0 Å². The maximum Gasteiger partial charge on any atom is 0.0279 e. The van der Waals surface area contributed by atoms with Gasteiger partial charge in [-0.1, -0.05) is 76.4 Å². The van der Waals surface area contributed by atoms with Crippen LogP contribution in [0.1, 0.15) is 45.7 Å². The highest BCUT2D eigenvalue weighted by Gasteiger charge is 2.01. The Bertz CT molecular complexity index is 469. The first kappa shape index (κ1) is 17.6. The van der Waals surface area contributed by atoms with Crippen molar-refractivity contribution in [2.24, 2.45) is 0 Å². The molecule has 0 saturated heterocycles. The molecule has 19 heavy (non-hydrogen) atoms. The molecule has 0 aliphatic carbocycles. The summed E-state index contributed by atoms with van der Waals surface area (Å²) in [7, 11) is 0. The van der Waals surface area contributed by atoms with Gasteiger partial charge in [0.05, 0.1) is 0 Å². The standard InChI is InChI=1S/C14H12S.2C2H6/c1-3-12-5-8-13(9-6-12)14-7-4-11(2)15-10-14;2*1-2/h3,5-10H,1H2,2H3;2*1-2H3. The van der Waals surface area contributed by atoms with Crippen LogP contribution >= 0.6 is 11.8 Å². The highest BCUT2D eigenvalue weighted by atomic mass is 32.2. The lowest BCUT2D eigenvalue weighted by molar-refractivity contribution is 1.50. The topological polar surface area (TPSA) is 0 Å². The summed E-state index contributed by atoms with van der Waals surface area (Å²) in [6, 6.07) is 8.38. The van der Waals surface area contributed by atoms with Crippen LogP contribution in [0.4, 0.5) is 0 Å². The summed E-state index contributed by atoms with van der Waals surface area (Å²) in [5.74, 6) is 0. The Morgan fingerprint density at radius 1 is 1.05 bits per heavy atom. The van der Waals surface area contributed by atoms with Crippen LogP contribution in [0.5, 0.6) is 0 Å². The highest BCUT2D eigenvalue weighted by molar-refractivity contribution is 8.06. The summed E-state index contributed by atoms with van der Waals surface area (Å²) >= 11 is 1.72. The molecule has 0 spiro atoms. The minimum absolute atomic E-state index is 1.15. The van der Waals surface area contributed by atoms with Crippen molar-refractivity contribution in [1.29, 1.82) is 0 Å². The van der Waals surface area contributed by atoms with Gasteiger partial charge in [0.1, 0.15) is 0 Å². The zero-order valence-electron chi connectivity index (χ0n) is 12.7. The molecule has 0 unspecified atom stereocenters. The zero-order chi connectivity index (χ0) is 14.7. The van der Waals surface area contributed by atoms with Crippen molar-refractivity contribution in [3.63, 3.8) is 0 Å². The molecule has 0 amide bonds. The molecule has 2 rings (SSSR count). The number of allylic oxidation sites excluding steroid dienone is 2. The van der Waals surface area contributed by atoms with E-state index in [-0.39, 0.29) is 0 Å². The summed E-state index contributed by atoms with van der Waals surface area (Å²) < 4.78 is 0. The van der Waals surface area contributed by atoms with E-state index in [0.717, 1.165) is 5.56 Å². The first-order chi connectivity index (χ1) is 9.29. The number of hydrogen-bond acceptors (Lipinski definition) is 1. The molecule has 1 heteroatoms. The Hall–Kier alpha value is -1.43. The van der Waals surface area contributed by atoms with Gasteiger partial charge in [-0.3, -0.25) is 0 Å². The number of thioether (sulfide) groups is 1. The molecule has 0 bridgehead atoms. The minimum atomic E-state index is 1.15. The van der Waals surface area contributed by atoms with Crippen molar-refractivity contribution in [2.45, 2.75) is 34.6 Å². The van der Waals surface area contributed by atoms with Gasteiger partial charge in [-0.15, -0.1) is 5.73 Å². The molecule has 0 saturated carbocycles. The Morgan fingerprint density at radius 3 is 2.05 bits per heavy atom. The van der Waals surface area contributed by atoms with Crippen molar-refractivity contribution in [1.82, 2.24) is 0 Å². The first-order valence-electron chi connectivity index (χ1n) is 6.82. The largest absolute Gasteiger partial charge is 0.110 e. The third-order valence-electron chi connectivity index (χ3n) is 2.27.